The predicted octanol–water partition coefficient (Wildman–Crippen LogP) is 3.98. The Bertz CT molecular complexity index is 346. The summed E-state index contributed by atoms with van der Waals surface area (Å²) in [6.07, 6.45) is 0. The van der Waals surface area contributed by atoms with Crippen LogP contribution in [0.5, 0.6) is 0 Å². The number of rotatable bonds is 3. The quantitative estimate of drug-likeness (QED) is 0.542. The molecule has 0 fully saturated rings. The summed E-state index contributed by atoms with van der Waals surface area (Å²) >= 11 is 0.504. The normalized spacial score (nSPS) is 12.5. The van der Waals surface area contributed by atoms with Crippen LogP contribution in [0.25, 0.3) is 4.85 Å². The van der Waals surface area contributed by atoms with Gasteiger partial charge in [-0.1, -0.05) is 23.9 Å². The molecule has 4 heteroatoms. The topological polar surface area (TPSA) is 4.36 Å². The van der Waals surface area contributed by atoms with E-state index in [0.29, 0.717) is 16.7 Å². The zero-order chi connectivity index (χ0) is 10.6. The van der Waals surface area contributed by atoms with Crippen LogP contribution in [-0.2, 0) is 0 Å². The maximum atomic E-state index is 12.0. The van der Waals surface area contributed by atoms with Gasteiger partial charge < -0.3 is 4.85 Å². The van der Waals surface area contributed by atoms with E-state index in [-0.39, 0.29) is 6.04 Å². The van der Waals surface area contributed by atoms with Crippen molar-refractivity contribution in [1.82, 2.24) is 0 Å². The Kier molecular flexibility index (Phi) is 3.90. The first-order chi connectivity index (χ1) is 6.63. The Labute approximate surface area is 85.9 Å². The highest BCUT2D eigenvalue weighted by Crippen LogP contribution is 2.28. The Morgan fingerprint density at radius 3 is 2.71 bits per heavy atom. The molecule has 1 nitrogen and oxygen atoms in total. The number of hydrogen-bond acceptors (Lipinski definition) is 1. The molecule has 0 aliphatic heterocycles. The molecule has 1 unspecified atom stereocenters. The monoisotopic (exact) mass is 213 g/mol. The molecule has 0 aromatic heterocycles. The fraction of sp³-hybridized carbons (Fsp3) is 0.300. The lowest BCUT2D eigenvalue weighted by atomic mass is 10.1. The molecular formula is C10H9F2NS. The van der Waals surface area contributed by atoms with Gasteiger partial charge in [-0.15, -0.1) is 0 Å². The van der Waals surface area contributed by atoms with Gasteiger partial charge in [0.2, 0.25) is 6.04 Å². The minimum atomic E-state index is -2.41. The highest BCUT2D eigenvalue weighted by Gasteiger charge is 2.10. The van der Waals surface area contributed by atoms with E-state index in [4.69, 9.17) is 6.57 Å². The summed E-state index contributed by atoms with van der Waals surface area (Å²) in [6, 6.07) is 6.46. The fourth-order valence-corrected chi connectivity index (χ4v) is 1.59. The molecule has 0 N–H and O–H groups in total. The highest BCUT2D eigenvalue weighted by molar-refractivity contribution is 7.99. The summed E-state index contributed by atoms with van der Waals surface area (Å²) in [5.74, 6) is -2.41. The van der Waals surface area contributed by atoms with Crippen molar-refractivity contribution in [2.24, 2.45) is 0 Å². The lowest BCUT2D eigenvalue weighted by Crippen LogP contribution is -1.88. The maximum absolute atomic E-state index is 12.0. The summed E-state index contributed by atoms with van der Waals surface area (Å²) < 4.78 is 24.1. The smallest absolute Gasteiger partial charge is 0.288 e. The van der Waals surface area contributed by atoms with Crippen LogP contribution in [0.2, 0.25) is 0 Å². The van der Waals surface area contributed by atoms with E-state index in [9.17, 15) is 8.78 Å². The molecule has 1 atom stereocenters. The molecule has 1 aromatic rings. The molecule has 1 aromatic carbocycles. The van der Waals surface area contributed by atoms with E-state index in [0.717, 1.165) is 5.56 Å². The Morgan fingerprint density at radius 1 is 1.43 bits per heavy atom. The Hall–Kier alpha value is -1.08. The second-order valence-corrected chi connectivity index (χ2v) is 3.82. The van der Waals surface area contributed by atoms with Gasteiger partial charge in [-0.2, -0.15) is 8.78 Å². The predicted molar refractivity (Wildman–Crippen MR) is 53.3 cm³/mol. The second-order valence-electron chi connectivity index (χ2n) is 2.76. The third kappa shape index (κ3) is 3.00. The van der Waals surface area contributed by atoms with Crippen LogP contribution in [0.1, 0.15) is 18.5 Å². The minimum Gasteiger partial charge on any atom is -0.309 e. The third-order valence-electron chi connectivity index (χ3n) is 1.76. The molecule has 1 rings (SSSR count). The van der Waals surface area contributed by atoms with Crippen molar-refractivity contribution in [2.45, 2.75) is 23.6 Å². The summed E-state index contributed by atoms with van der Waals surface area (Å²) in [7, 11) is 0. The van der Waals surface area contributed by atoms with Crippen LogP contribution in [0.3, 0.4) is 0 Å². The minimum absolute atomic E-state index is 0.270. The highest BCUT2D eigenvalue weighted by atomic mass is 32.2. The van der Waals surface area contributed by atoms with Crippen molar-refractivity contribution in [3.05, 3.63) is 41.2 Å². The average molecular weight is 213 g/mol. The van der Waals surface area contributed by atoms with Gasteiger partial charge in [0.05, 0.1) is 0 Å². The zero-order valence-corrected chi connectivity index (χ0v) is 8.39. The van der Waals surface area contributed by atoms with Gasteiger partial charge in [-0.3, -0.25) is 0 Å². The van der Waals surface area contributed by atoms with Crippen LogP contribution in [0, 0.1) is 6.57 Å². The van der Waals surface area contributed by atoms with Crippen molar-refractivity contribution < 1.29 is 8.78 Å². The third-order valence-corrected chi connectivity index (χ3v) is 2.46. The van der Waals surface area contributed by atoms with E-state index >= 15 is 0 Å². The van der Waals surface area contributed by atoms with Crippen LogP contribution in [0.15, 0.2) is 29.2 Å². The van der Waals surface area contributed by atoms with Crippen LogP contribution in [-0.4, -0.2) is 5.76 Å². The van der Waals surface area contributed by atoms with Gasteiger partial charge in [0.15, 0.2) is 0 Å². The van der Waals surface area contributed by atoms with Gasteiger partial charge in [0.25, 0.3) is 5.76 Å². The summed E-state index contributed by atoms with van der Waals surface area (Å²) in [6.45, 7) is 8.58. The van der Waals surface area contributed by atoms with Gasteiger partial charge in [0, 0.05) is 17.4 Å². The molecule has 0 bridgehead atoms. The van der Waals surface area contributed by atoms with Crippen molar-refractivity contribution >= 4 is 11.8 Å². The van der Waals surface area contributed by atoms with E-state index in [2.05, 4.69) is 4.85 Å². The molecule has 0 heterocycles. The number of alkyl halides is 2. The second kappa shape index (κ2) is 4.97. The number of halogens is 2. The summed E-state index contributed by atoms with van der Waals surface area (Å²) in [5.41, 5.74) is 0.783. The molecule has 0 aliphatic rings. The largest absolute Gasteiger partial charge is 0.309 e. The number of thioether (sulfide) groups is 1. The molecular weight excluding hydrogens is 204 g/mol. The number of nitrogens with zero attached hydrogens (tertiary/aromatic N) is 1. The first kappa shape index (κ1) is 11.0. The Morgan fingerprint density at radius 2 is 2.14 bits per heavy atom. The molecule has 0 radical (unpaired) electrons. The van der Waals surface area contributed by atoms with Gasteiger partial charge >= 0.3 is 0 Å². The van der Waals surface area contributed by atoms with Crippen LogP contribution >= 0.6 is 11.8 Å². The molecule has 14 heavy (non-hydrogen) atoms. The first-order valence-electron chi connectivity index (χ1n) is 4.05. The first-order valence-corrected chi connectivity index (χ1v) is 4.93. The van der Waals surface area contributed by atoms with E-state index in [1.807, 2.05) is 0 Å². The van der Waals surface area contributed by atoms with Crippen molar-refractivity contribution in [2.75, 3.05) is 0 Å². The molecule has 0 saturated heterocycles. The van der Waals surface area contributed by atoms with E-state index < -0.39 is 5.76 Å². The van der Waals surface area contributed by atoms with Gasteiger partial charge in [-0.05, 0) is 12.1 Å². The molecule has 0 saturated carbocycles. The standard InChI is InChI=1S/C10H9F2NS/c1-7(13-2)8-4-3-5-9(6-8)14-10(11)12/h3-7,10H,1H3. The van der Waals surface area contributed by atoms with Crippen LogP contribution < -0.4 is 0 Å². The summed E-state index contributed by atoms with van der Waals surface area (Å²) in [5, 5.41) is 0. The average Bonchev–Trinajstić information content (AvgIpc) is 2.16. The summed E-state index contributed by atoms with van der Waals surface area (Å²) in [4.78, 5) is 3.84. The molecule has 74 valence electrons. The lowest BCUT2D eigenvalue weighted by Gasteiger charge is -2.03. The Balaban J connectivity index is 2.85. The molecule has 0 amide bonds. The molecule has 0 aliphatic carbocycles. The molecule has 0 spiro atoms. The maximum Gasteiger partial charge on any atom is 0.288 e. The van der Waals surface area contributed by atoms with E-state index in [1.54, 1.807) is 31.2 Å². The van der Waals surface area contributed by atoms with Crippen molar-refractivity contribution in [3.8, 4) is 0 Å². The van der Waals surface area contributed by atoms with Gasteiger partial charge in [-0.25, -0.2) is 6.57 Å². The number of hydrogen-bond donors (Lipinski definition) is 0. The van der Waals surface area contributed by atoms with E-state index in [1.165, 1.54) is 0 Å². The lowest BCUT2D eigenvalue weighted by molar-refractivity contribution is 0.252. The SMILES string of the molecule is [C-]#[N+]C(C)c1cccc(SC(F)F)c1. The fourth-order valence-electron chi connectivity index (χ4n) is 1.03. The van der Waals surface area contributed by atoms with Crippen LogP contribution in [0.4, 0.5) is 8.78 Å². The van der Waals surface area contributed by atoms with Crippen molar-refractivity contribution in [1.29, 1.82) is 0 Å². The van der Waals surface area contributed by atoms with Crippen molar-refractivity contribution in [3.63, 3.8) is 0 Å². The zero-order valence-electron chi connectivity index (χ0n) is 7.58. The van der Waals surface area contributed by atoms with Gasteiger partial charge in [0.1, 0.15) is 0 Å². The number of benzene rings is 1.